The number of amides is 2. The minimum atomic E-state index is -0.775. The highest BCUT2D eigenvalue weighted by atomic mass is 32.1. The van der Waals surface area contributed by atoms with Crippen LogP contribution < -0.4 is 10.7 Å². The van der Waals surface area contributed by atoms with E-state index < -0.39 is 11.8 Å². The van der Waals surface area contributed by atoms with Gasteiger partial charge in [-0.2, -0.15) is 5.10 Å². The third-order valence-electron chi connectivity index (χ3n) is 2.27. The molecule has 0 atom stereocenters. The molecule has 1 aromatic rings. The number of methoxy groups -OCH3 is 1. The molecule has 0 aliphatic carbocycles. The number of thiophene rings is 1. The Balaban J connectivity index is 2.29. The van der Waals surface area contributed by atoms with E-state index in [0.717, 1.165) is 10.4 Å². The van der Waals surface area contributed by atoms with Gasteiger partial charge in [0.25, 0.3) is 0 Å². The molecule has 0 aliphatic rings. The molecule has 0 spiro atoms. The predicted molar refractivity (Wildman–Crippen MR) is 74.3 cm³/mol. The summed E-state index contributed by atoms with van der Waals surface area (Å²) in [5.41, 5.74) is 3.26. The Morgan fingerprint density at radius 1 is 1.47 bits per heavy atom. The standard InChI is InChI=1S/C12H17N3O3S/c1-9-4-7-19-10(9)8-14-15-12(17)11(16)13-5-3-6-18-2/h4,7-8H,3,5-6H2,1-2H3,(H,13,16)(H,15,17)/b14-8-. The van der Waals surface area contributed by atoms with Crippen molar-refractivity contribution in [3.05, 3.63) is 21.9 Å². The first kappa shape index (κ1) is 15.3. The highest BCUT2D eigenvalue weighted by molar-refractivity contribution is 7.11. The van der Waals surface area contributed by atoms with Gasteiger partial charge in [-0.15, -0.1) is 11.3 Å². The molecule has 2 N–H and O–H groups in total. The molecule has 19 heavy (non-hydrogen) atoms. The van der Waals surface area contributed by atoms with Crippen LogP contribution in [0, 0.1) is 6.92 Å². The first-order chi connectivity index (χ1) is 9.15. The van der Waals surface area contributed by atoms with Crippen LogP contribution in [0.3, 0.4) is 0 Å². The second-order valence-electron chi connectivity index (χ2n) is 3.77. The van der Waals surface area contributed by atoms with Crippen LogP contribution in [0.15, 0.2) is 16.5 Å². The topological polar surface area (TPSA) is 79.8 Å². The lowest BCUT2D eigenvalue weighted by Crippen LogP contribution is -2.38. The quantitative estimate of drug-likeness (QED) is 0.348. The van der Waals surface area contributed by atoms with E-state index in [0.29, 0.717) is 19.6 Å². The van der Waals surface area contributed by atoms with Crippen LogP contribution in [0.25, 0.3) is 0 Å². The van der Waals surface area contributed by atoms with Crippen molar-refractivity contribution in [1.29, 1.82) is 0 Å². The summed E-state index contributed by atoms with van der Waals surface area (Å²) in [6.45, 7) is 2.88. The number of carbonyl (C=O) groups excluding carboxylic acids is 2. The summed E-state index contributed by atoms with van der Waals surface area (Å²) in [4.78, 5) is 23.6. The van der Waals surface area contributed by atoms with Crippen LogP contribution in [0.1, 0.15) is 16.9 Å². The Bertz CT molecular complexity index is 457. The van der Waals surface area contributed by atoms with E-state index in [9.17, 15) is 9.59 Å². The van der Waals surface area contributed by atoms with Crippen LogP contribution >= 0.6 is 11.3 Å². The van der Waals surface area contributed by atoms with E-state index in [1.165, 1.54) is 17.6 Å². The van der Waals surface area contributed by atoms with E-state index in [1.54, 1.807) is 7.11 Å². The van der Waals surface area contributed by atoms with Gasteiger partial charge in [-0.05, 0) is 30.4 Å². The fourth-order valence-corrected chi connectivity index (χ4v) is 2.00. The number of hydrogen-bond donors (Lipinski definition) is 2. The Kier molecular flexibility index (Phi) is 6.76. The fourth-order valence-electron chi connectivity index (χ4n) is 1.22. The van der Waals surface area contributed by atoms with Crippen LogP contribution in [-0.4, -0.2) is 38.3 Å². The van der Waals surface area contributed by atoms with E-state index in [4.69, 9.17) is 4.74 Å². The average molecular weight is 283 g/mol. The first-order valence-electron chi connectivity index (χ1n) is 5.79. The number of hydrogen-bond acceptors (Lipinski definition) is 5. The number of carbonyl (C=O) groups is 2. The summed E-state index contributed by atoms with van der Waals surface area (Å²) < 4.78 is 4.83. The lowest BCUT2D eigenvalue weighted by molar-refractivity contribution is -0.139. The summed E-state index contributed by atoms with van der Waals surface area (Å²) in [6.07, 6.45) is 2.18. The largest absolute Gasteiger partial charge is 0.385 e. The van der Waals surface area contributed by atoms with Crippen LogP contribution in [0.4, 0.5) is 0 Å². The number of aryl methyl sites for hydroxylation is 1. The van der Waals surface area contributed by atoms with Crippen molar-refractivity contribution in [2.45, 2.75) is 13.3 Å². The second kappa shape index (κ2) is 8.39. The summed E-state index contributed by atoms with van der Waals surface area (Å²) in [5.74, 6) is -1.47. The van der Waals surface area contributed by atoms with Crippen molar-refractivity contribution in [3.8, 4) is 0 Å². The first-order valence-corrected chi connectivity index (χ1v) is 6.67. The number of hydrazone groups is 1. The lowest BCUT2D eigenvalue weighted by Gasteiger charge is -2.02. The van der Waals surface area contributed by atoms with Crippen molar-refractivity contribution < 1.29 is 14.3 Å². The van der Waals surface area contributed by atoms with Crippen LogP contribution in [0.2, 0.25) is 0 Å². The molecule has 7 heteroatoms. The summed E-state index contributed by atoms with van der Waals surface area (Å²) in [7, 11) is 1.58. The van der Waals surface area contributed by atoms with Gasteiger partial charge in [0.05, 0.1) is 6.21 Å². The van der Waals surface area contributed by atoms with Gasteiger partial charge >= 0.3 is 11.8 Å². The molecule has 0 aromatic carbocycles. The zero-order chi connectivity index (χ0) is 14.1. The highest BCUT2D eigenvalue weighted by Crippen LogP contribution is 2.12. The summed E-state index contributed by atoms with van der Waals surface area (Å²) in [6, 6.07) is 1.95. The molecular formula is C12H17N3O3S. The molecular weight excluding hydrogens is 266 g/mol. The molecule has 0 unspecified atom stereocenters. The van der Waals surface area contributed by atoms with Crippen molar-refractivity contribution in [1.82, 2.24) is 10.7 Å². The van der Waals surface area contributed by atoms with E-state index in [2.05, 4.69) is 15.8 Å². The van der Waals surface area contributed by atoms with Gasteiger partial charge in [-0.25, -0.2) is 5.43 Å². The van der Waals surface area contributed by atoms with Gasteiger partial charge in [0.2, 0.25) is 0 Å². The minimum absolute atomic E-state index is 0.397. The minimum Gasteiger partial charge on any atom is -0.385 e. The van der Waals surface area contributed by atoms with Gasteiger partial charge in [0, 0.05) is 25.1 Å². The summed E-state index contributed by atoms with van der Waals surface area (Å²) in [5, 5.41) is 8.14. The number of nitrogens with zero attached hydrogens (tertiary/aromatic N) is 1. The molecule has 1 heterocycles. The van der Waals surface area contributed by atoms with Crippen molar-refractivity contribution in [2.24, 2.45) is 5.10 Å². The third-order valence-corrected chi connectivity index (χ3v) is 3.22. The van der Waals surface area contributed by atoms with Gasteiger partial charge in [0.1, 0.15) is 0 Å². The molecule has 0 aliphatic heterocycles. The maximum atomic E-state index is 11.4. The maximum Gasteiger partial charge on any atom is 0.329 e. The Morgan fingerprint density at radius 3 is 2.89 bits per heavy atom. The van der Waals surface area contributed by atoms with Gasteiger partial charge in [-0.1, -0.05) is 0 Å². The SMILES string of the molecule is COCCCNC(=O)C(=O)N/N=C\c1sccc1C. The second-order valence-corrected chi connectivity index (χ2v) is 4.72. The number of ether oxygens (including phenoxy) is 1. The Hall–Kier alpha value is -1.73. The Labute approximate surface area is 115 Å². The molecule has 0 saturated heterocycles. The lowest BCUT2D eigenvalue weighted by atomic mass is 10.3. The van der Waals surface area contributed by atoms with Crippen molar-refractivity contribution in [2.75, 3.05) is 20.3 Å². The zero-order valence-electron chi connectivity index (χ0n) is 10.9. The average Bonchev–Trinajstić information content (AvgIpc) is 2.80. The fraction of sp³-hybridized carbons (Fsp3) is 0.417. The molecule has 2 amide bonds. The number of nitrogens with one attached hydrogen (secondary N) is 2. The molecule has 1 rings (SSSR count). The van der Waals surface area contributed by atoms with E-state index in [-0.39, 0.29) is 0 Å². The van der Waals surface area contributed by atoms with E-state index in [1.807, 2.05) is 18.4 Å². The normalized spacial score (nSPS) is 10.6. The highest BCUT2D eigenvalue weighted by Gasteiger charge is 2.11. The maximum absolute atomic E-state index is 11.4. The van der Waals surface area contributed by atoms with E-state index >= 15 is 0 Å². The van der Waals surface area contributed by atoms with Crippen molar-refractivity contribution in [3.63, 3.8) is 0 Å². The summed E-state index contributed by atoms with van der Waals surface area (Å²) >= 11 is 1.51. The molecule has 0 saturated carbocycles. The van der Waals surface area contributed by atoms with Gasteiger partial charge < -0.3 is 10.1 Å². The third kappa shape index (κ3) is 5.62. The molecule has 104 valence electrons. The molecule has 0 radical (unpaired) electrons. The van der Waals surface area contributed by atoms with Crippen LogP contribution in [0.5, 0.6) is 0 Å². The molecule has 0 bridgehead atoms. The van der Waals surface area contributed by atoms with Crippen molar-refractivity contribution >= 4 is 29.4 Å². The smallest absolute Gasteiger partial charge is 0.329 e. The predicted octanol–water partition coefficient (Wildman–Crippen LogP) is 0.659. The van der Waals surface area contributed by atoms with Crippen LogP contribution in [-0.2, 0) is 14.3 Å². The molecule has 0 fully saturated rings. The van der Waals surface area contributed by atoms with Gasteiger partial charge in [0.15, 0.2) is 0 Å². The zero-order valence-corrected chi connectivity index (χ0v) is 11.8. The Morgan fingerprint density at radius 2 is 2.26 bits per heavy atom. The molecule has 1 aromatic heterocycles. The number of rotatable bonds is 6. The molecule has 6 nitrogen and oxygen atoms in total. The monoisotopic (exact) mass is 283 g/mol. The van der Waals surface area contributed by atoms with Gasteiger partial charge in [-0.3, -0.25) is 9.59 Å².